The zero-order valence-electron chi connectivity index (χ0n) is 14.1. The fraction of sp³-hybridized carbons (Fsp3) is 0.632. The smallest absolute Gasteiger partial charge is 0.241 e. The molecule has 0 spiro atoms. The summed E-state index contributed by atoms with van der Waals surface area (Å²) in [5.41, 5.74) is 2.28. The number of rotatable bonds is 3. The average molecular weight is 300 g/mol. The fourth-order valence-corrected chi connectivity index (χ4v) is 4.30. The van der Waals surface area contributed by atoms with E-state index in [4.69, 9.17) is 0 Å². The van der Waals surface area contributed by atoms with E-state index >= 15 is 0 Å². The molecule has 2 aliphatic rings. The summed E-state index contributed by atoms with van der Waals surface area (Å²) in [6.45, 7) is 7.09. The topological polar surface area (TPSA) is 32.3 Å². The normalized spacial score (nSPS) is 24.3. The Kier molecular flexibility index (Phi) is 4.26. The van der Waals surface area contributed by atoms with E-state index < -0.39 is 0 Å². The van der Waals surface area contributed by atoms with Gasteiger partial charge in [0.15, 0.2) is 0 Å². The first-order valence-corrected chi connectivity index (χ1v) is 8.64. The number of carbonyl (C=O) groups is 1. The molecule has 1 saturated carbocycles. The van der Waals surface area contributed by atoms with Crippen molar-refractivity contribution < 1.29 is 4.79 Å². The number of amides is 1. The van der Waals surface area contributed by atoms with Crippen molar-refractivity contribution in [2.75, 3.05) is 11.4 Å². The Balaban J connectivity index is 1.80. The van der Waals surface area contributed by atoms with E-state index in [0.717, 1.165) is 12.1 Å². The first kappa shape index (κ1) is 15.5. The van der Waals surface area contributed by atoms with Crippen molar-refractivity contribution in [2.24, 2.45) is 0 Å². The number of nitrogens with zero attached hydrogens (tertiary/aromatic N) is 1. The molecular formula is C19H28N2O. The molecule has 1 aliphatic carbocycles. The van der Waals surface area contributed by atoms with Gasteiger partial charge in [0.25, 0.3) is 0 Å². The van der Waals surface area contributed by atoms with Crippen molar-refractivity contribution in [1.29, 1.82) is 0 Å². The van der Waals surface area contributed by atoms with Crippen LogP contribution in [0.2, 0.25) is 0 Å². The first-order chi connectivity index (χ1) is 10.5. The molecule has 1 N–H and O–H groups in total. The van der Waals surface area contributed by atoms with Crippen LogP contribution in [0.4, 0.5) is 5.69 Å². The number of carbonyl (C=O) groups excluding carboxylic acids is 1. The van der Waals surface area contributed by atoms with E-state index in [-0.39, 0.29) is 11.4 Å². The summed E-state index contributed by atoms with van der Waals surface area (Å²) in [5, 5.41) is 3.47. The number of benzene rings is 1. The summed E-state index contributed by atoms with van der Waals surface area (Å²) in [6, 6.07) is 8.91. The maximum absolute atomic E-state index is 12.9. The van der Waals surface area contributed by atoms with Crippen LogP contribution in [0.15, 0.2) is 24.3 Å². The van der Waals surface area contributed by atoms with Gasteiger partial charge in [-0.15, -0.1) is 0 Å². The lowest BCUT2D eigenvalue weighted by molar-refractivity contribution is -0.119. The minimum Gasteiger partial charge on any atom is -0.306 e. The lowest BCUT2D eigenvalue weighted by Gasteiger charge is -2.46. The van der Waals surface area contributed by atoms with Crippen molar-refractivity contribution >= 4 is 11.6 Å². The lowest BCUT2D eigenvalue weighted by atomic mass is 9.80. The summed E-state index contributed by atoms with van der Waals surface area (Å²) in [6.07, 6.45) is 6.02. The summed E-state index contributed by atoms with van der Waals surface area (Å²) in [4.78, 5) is 14.9. The first-order valence-electron chi connectivity index (χ1n) is 8.64. The molecule has 120 valence electrons. The van der Waals surface area contributed by atoms with Crippen LogP contribution >= 0.6 is 0 Å². The highest BCUT2D eigenvalue weighted by molar-refractivity contribution is 5.97. The minimum atomic E-state index is -0.123. The van der Waals surface area contributed by atoms with Crippen molar-refractivity contribution in [2.45, 2.75) is 70.4 Å². The van der Waals surface area contributed by atoms with Gasteiger partial charge in [0.05, 0.1) is 6.54 Å². The maximum Gasteiger partial charge on any atom is 0.241 e. The predicted octanol–water partition coefficient (Wildman–Crippen LogP) is 3.84. The fourth-order valence-electron chi connectivity index (χ4n) is 4.30. The van der Waals surface area contributed by atoms with E-state index in [1.54, 1.807) is 0 Å². The van der Waals surface area contributed by atoms with Gasteiger partial charge >= 0.3 is 0 Å². The van der Waals surface area contributed by atoms with Gasteiger partial charge in [-0.1, -0.05) is 38.0 Å². The summed E-state index contributed by atoms with van der Waals surface area (Å²) in [7, 11) is 0. The third-order valence-corrected chi connectivity index (χ3v) is 5.27. The standard InChI is InChI=1S/C19H28N2O/c1-14-12-19(2,3)21(17-11-7-6-10-16(14)17)18(22)13-20-15-8-4-5-9-15/h6-7,10-11,14-15,20H,4-5,8-9,12-13H2,1-3H3/t14-/m0/s1. The van der Waals surface area contributed by atoms with Crippen LogP contribution < -0.4 is 10.2 Å². The monoisotopic (exact) mass is 300 g/mol. The van der Waals surface area contributed by atoms with Crippen molar-refractivity contribution in [3.63, 3.8) is 0 Å². The Labute approximate surface area is 134 Å². The molecule has 3 rings (SSSR count). The van der Waals surface area contributed by atoms with Crippen LogP contribution in [-0.2, 0) is 4.79 Å². The molecule has 1 fully saturated rings. The summed E-state index contributed by atoms with van der Waals surface area (Å²) in [5.74, 6) is 0.703. The number of anilines is 1. The van der Waals surface area contributed by atoms with Crippen LogP contribution in [0.1, 0.15) is 64.4 Å². The van der Waals surface area contributed by atoms with E-state index in [2.05, 4.69) is 44.3 Å². The summed E-state index contributed by atoms with van der Waals surface area (Å²) >= 11 is 0. The van der Waals surface area contributed by atoms with E-state index in [9.17, 15) is 4.79 Å². The zero-order chi connectivity index (χ0) is 15.7. The second kappa shape index (κ2) is 6.04. The molecule has 3 nitrogen and oxygen atoms in total. The van der Waals surface area contributed by atoms with E-state index in [1.807, 2.05) is 11.0 Å². The Morgan fingerprint density at radius 3 is 2.68 bits per heavy atom. The van der Waals surface area contributed by atoms with Crippen LogP contribution in [-0.4, -0.2) is 24.0 Å². The molecule has 0 bridgehead atoms. The molecule has 1 aromatic rings. The third kappa shape index (κ3) is 2.91. The van der Waals surface area contributed by atoms with Crippen molar-refractivity contribution in [3.8, 4) is 0 Å². The van der Waals surface area contributed by atoms with Crippen LogP contribution in [0.25, 0.3) is 0 Å². The highest BCUT2D eigenvalue weighted by Gasteiger charge is 2.39. The van der Waals surface area contributed by atoms with Gasteiger partial charge in [0.2, 0.25) is 5.91 Å². The SMILES string of the molecule is C[C@H]1CC(C)(C)N(C(=O)CNC2CCCC2)c2ccccc21. The third-order valence-electron chi connectivity index (χ3n) is 5.27. The quantitative estimate of drug-likeness (QED) is 0.920. The summed E-state index contributed by atoms with van der Waals surface area (Å²) < 4.78 is 0. The highest BCUT2D eigenvalue weighted by atomic mass is 16.2. The molecule has 1 heterocycles. The Morgan fingerprint density at radius 1 is 1.27 bits per heavy atom. The van der Waals surface area contributed by atoms with Crippen LogP contribution in [0.3, 0.4) is 0 Å². The lowest BCUT2D eigenvalue weighted by Crippen LogP contribution is -2.54. The van der Waals surface area contributed by atoms with Crippen LogP contribution in [0, 0.1) is 0 Å². The molecule has 0 saturated heterocycles. The minimum absolute atomic E-state index is 0.123. The number of nitrogens with one attached hydrogen (secondary N) is 1. The van der Waals surface area contributed by atoms with Gasteiger partial charge in [-0.2, -0.15) is 0 Å². The van der Waals surface area contributed by atoms with E-state index in [1.165, 1.54) is 31.2 Å². The molecule has 22 heavy (non-hydrogen) atoms. The molecule has 0 unspecified atom stereocenters. The van der Waals surface area contributed by atoms with Gasteiger partial charge in [0.1, 0.15) is 0 Å². The number of para-hydroxylation sites is 1. The average Bonchev–Trinajstić information content (AvgIpc) is 2.97. The predicted molar refractivity (Wildman–Crippen MR) is 91.3 cm³/mol. The van der Waals surface area contributed by atoms with Gasteiger partial charge in [-0.3, -0.25) is 4.79 Å². The molecule has 0 radical (unpaired) electrons. The molecule has 1 aliphatic heterocycles. The van der Waals surface area contributed by atoms with Crippen molar-refractivity contribution in [3.05, 3.63) is 29.8 Å². The molecule has 1 aromatic carbocycles. The molecule has 0 aromatic heterocycles. The molecule has 1 atom stereocenters. The van der Waals surface area contributed by atoms with Gasteiger partial charge < -0.3 is 10.2 Å². The van der Waals surface area contributed by atoms with Crippen LogP contribution in [0.5, 0.6) is 0 Å². The second-order valence-electron chi connectivity index (χ2n) is 7.57. The van der Waals surface area contributed by atoms with E-state index in [0.29, 0.717) is 18.5 Å². The highest BCUT2D eigenvalue weighted by Crippen LogP contribution is 2.43. The zero-order valence-corrected chi connectivity index (χ0v) is 14.1. The maximum atomic E-state index is 12.9. The van der Waals surface area contributed by atoms with Gasteiger partial charge in [-0.05, 0) is 50.7 Å². The molecule has 3 heteroatoms. The second-order valence-corrected chi connectivity index (χ2v) is 7.57. The van der Waals surface area contributed by atoms with Gasteiger partial charge in [-0.25, -0.2) is 0 Å². The number of hydrogen-bond donors (Lipinski definition) is 1. The number of fused-ring (bicyclic) bond motifs is 1. The molecular weight excluding hydrogens is 272 g/mol. The number of hydrogen-bond acceptors (Lipinski definition) is 2. The Hall–Kier alpha value is -1.35. The molecule has 1 amide bonds. The van der Waals surface area contributed by atoms with Gasteiger partial charge in [0, 0.05) is 17.3 Å². The Morgan fingerprint density at radius 2 is 1.95 bits per heavy atom. The Bertz CT molecular complexity index is 546. The largest absolute Gasteiger partial charge is 0.306 e. The van der Waals surface area contributed by atoms with Crippen molar-refractivity contribution in [1.82, 2.24) is 5.32 Å².